The summed E-state index contributed by atoms with van der Waals surface area (Å²) < 4.78 is 27.7. The molecule has 0 aromatic carbocycles. The zero-order chi connectivity index (χ0) is 17.9. The Bertz CT molecular complexity index is 834. The second-order valence-corrected chi connectivity index (χ2v) is 8.74. The first-order valence-electron chi connectivity index (χ1n) is 8.27. The van der Waals surface area contributed by atoms with Gasteiger partial charge in [0.1, 0.15) is 10.9 Å². The van der Waals surface area contributed by atoms with E-state index >= 15 is 0 Å². The number of fused-ring (bicyclic) bond motifs is 1. The van der Waals surface area contributed by atoms with Crippen molar-refractivity contribution >= 4 is 27.3 Å². The Morgan fingerprint density at radius 3 is 3.00 bits per heavy atom. The van der Waals surface area contributed by atoms with Crippen molar-refractivity contribution < 1.29 is 13.2 Å². The van der Waals surface area contributed by atoms with Crippen LogP contribution in [0.5, 0.6) is 0 Å². The molecule has 2 aromatic heterocycles. The first kappa shape index (κ1) is 18.0. The van der Waals surface area contributed by atoms with Crippen LogP contribution < -0.4 is 4.72 Å². The maximum Gasteiger partial charge on any atom is 0.242 e. The number of carbonyl (C=O) groups excluding carboxylic acids is 1. The number of aromatic nitrogens is 1. The molecule has 1 N–H and O–H groups in total. The average molecular weight is 380 g/mol. The number of pyridine rings is 1. The van der Waals surface area contributed by atoms with E-state index in [2.05, 4.69) is 9.71 Å². The number of sulfonamides is 1. The van der Waals surface area contributed by atoms with Crippen LogP contribution in [-0.4, -0.2) is 36.8 Å². The van der Waals surface area contributed by atoms with Crippen molar-refractivity contribution in [2.24, 2.45) is 0 Å². The van der Waals surface area contributed by atoms with E-state index < -0.39 is 16.1 Å². The smallest absolute Gasteiger partial charge is 0.242 e. The maximum atomic E-state index is 12.9. The van der Waals surface area contributed by atoms with Crippen LogP contribution in [-0.2, 0) is 27.8 Å². The van der Waals surface area contributed by atoms with Gasteiger partial charge in [0.2, 0.25) is 15.9 Å². The van der Waals surface area contributed by atoms with Gasteiger partial charge in [0, 0.05) is 30.4 Å². The fraction of sp³-hybridized carbons (Fsp3) is 0.412. The fourth-order valence-electron chi connectivity index (χ4n) is 2.94. The predicted molar refractivity (Wildman–Crippen MR) is 96.7 cm³/mol. The van der Waals surface area contributed by atoms with Crippen LogP contribution >= 0.6 is 11.3 Å². The molecular weight excluding hydrogens is 358 g/mol. The molecule has 0 saturated heterocycles. The molecule has 3 heterocycles. The van der Waals surface area contributed by atoms with Gasteiger partial charge in [-0.2, -0.15) is 4.72 Å². The third-order valence-electron chi connectivity index (χ3n) is 4.24. The van der Waals surface area contributed by atoms with E-state index in [0.717, 1.165) is 12.0 Å². The number of thiophene rings is 1. The summed E-state index contributed by atoms with van der Waals surface area (Å²) in [7, 11) is -3.77. The molecule has 25 heavy (non-hydrogen) atoms. The Kier molecular flexibility index (Phi) is 5.51. The number of rotatable bonds is 6. The second-order valence-electron chi connectivity index (χ2n) is 6.03. The third-order valence-corrected chi connectivity index (χ3v) is 6.72. The predicted octanol–water partition coefficient (Wildman–Crippen LogP) is 2.18. The summed E-state index contributed by atoms with van der Waals surface area (Å²) in [5, 5.41) is 2.04. The highest BCUT2D eigenvalue weighted by atomic mass is 32.2. The molecule has 0 bridgehead atoms. The molecule has 1 aliphatic heterocycles. The van der Waals surface area contributed by atoms with Crippen molar-refractivity contribution in [2.45, 2.75) is 43.7 Å². The molecule has 1 amide bonds. The van der Waals surface area contributed by atoms with Crippen molar-refractivity contribution in [2.75, 3.05) is 6.54 Å². The molecule has 3 rings (SSSR count). The molecule has 134 valence electrons. The third kappa shape index (κ3) is 4.08. The molecule has 2 aromatic rings. The minimum atomic E-state index is -3.77. The standard InChI is InChI=1S/C17H21N3O3S2/c1-2-4-15(19-25(22,23)14-5-3-8-18-11-14)17(21)20-9-6-16-13(12-20)7-10-24-16/h3,5,7-8,10-11,15,19H,2,4,6,9,12H2,1H3. The normalized spacial score (nSPS) is 15.6. The van der Waals surface area contributed by atoms with E-state index in [0.29, 0.717) is 25.9 Å². The monoisotopic (exact) mass is 379 g/mol. The van der Waals surface area contributed by atoms with Crippen molar-refractivity contribution in [3.8, 4) is 0 Å². The lowest BCUT2D eigenvalue weighted by atomic mass is 10.1. The summed E-state index contributed by atoms with van der Waals surface area (Å²) in [6, 6.07) is 4.32. The summed E-state index contributed by atoms with van der Waals surface area (Å²) >= 11 is 1.71. The molecular formula is C17H21N3O3S2. The minimum absolute atomic E-state index is 0.0719. The molecule has 0 radical (unpaired) electrons. The zero-order valence-electron chi connectivity index (χ0n) is 14.0. The van der Waals surface area contributed by atoms with Crippen molar-refractivity contribution in [1.29, 1.82) is 0 Å². The number of carbonyl (C=O) groups is 1. The van der Waals surface area contributed by atoms with Crippen LogP contribution in [0.25, 0.3) is 0 Å². The SMILES string of the molecule is CCCC(NS(=O)(=O)c1cccnc1)C(=O)N1CCc2sccc2C1. The lowest BCUT2D eigenvalue weighted by molar-refractivity contribution is -0.134. The Morgan fingerprint density at radius 1 is 1.44 bits per heavy atom. The first-order valence-corrected chi connectivity index (χ1v) is 10.6. The van der Waals surface area contributed by atoms with E-state index in [4.69, 9.17) is 0 Å². The number of nitrogens with one attached hydrogen (secondary N) is 1. The van der Waals surface area contributed by atoms with Gasteiger partial charge >= 0.3 is 0 Å². The zero-order valence-corrected chi connectivity index (χ0v) is 15.6. The van der Waals surface area contributed by atoms with E-state index in [1.54, 1.807) is 22.3 Å². The largest absolute Gasteiger partial charge is 0.337 e. The number of hydrogen-bond acceptors (Lipinski definition) is 5. The molecule has 0 saturated carbocycles. The summed E-state index contributed by atoms with van der Waals surface area (Å²) in [4.78, 5) is 19.9. The van der Waals surface area contributed by atoms with Gasteiger partial charge in [-0.15, -0.1) is 11.3 Å². The van der Waals surface area contributed by atoms with Gasteiger partial charge < -0.3 is 4.90 Å². The average Bonchev–Trinajstić information content (AvgIpc) is 3.09. The minimum Gasteiger partial charge on any atom is -0.337 e. The van der Waals surface area contributed by atoms with Crippen molar-refractivity contribution in [3.63, 3.8) is 0 Å². The van der Waals surface area contributed by atoms with Gasteiger partial charge in [0.15, 0.2) is 0 Å². The summed E-state index contributed by atoms with van der Waals surface area (Å²) in [5.74, 6) is -0.161. The molecule has 0 fully saturated rings. The van der Waals surface area contributed by atoms with E-state index in [1.807, 2.05) is 18.4 Å². The molecule has 1 atom stereocenters. The van der Waals surface area contributed by atoms with Gasteiger partial charge in [-0.05, 0) is 42.0 Å². The Labute approximate surface area is 151 Å². The second kappa shape index (κ2) is 7.63. The molecule has 1 aliphatic rings. The van der Waals surface area contributed by atoms with E-state index in [9.17, 15) is 13.2 Å². The summed E-state index contributed by atoms with van der Waals surface area (Å²) in [6.07, 6.45) is 4.80. The van der Waals surface area contributed by atoms with Crippen LogP contribution in [0.2, 0.25) is 0 Å². The van der Waals surface area contributed by atoms with Gasteiger partial charge in [-0.1, -0.05) is 13.3 Å². The molecule has 6 nitrogen and oxygen atoms in total. The van der Waals surface area contributed by atoms with Crippen LogP contribution in [0.3, 0.4) is 0 Å². The highest BCUT2D eigenvalue weighted by Crippen LogP contribution is 2.25. The van der Waals surface area contributed by atoms with E-state index in [-0.39, 0.29) is 10.8 Å². The number of amides is 1. The van der Waals surface area contributed by atoms with Crippen LogP contribution in [0.4, 0.5) is 0 Å². The molecule has 0 spiro atoms. The Hall–Kier alpha value is -1.77. The number of nitrogens with zero attached hydrogens (tertiary/aromatic N) is 2. The van der Waals surface area contributed by atoms with Crippen LogP contribution in [0, 0.1) is 0 Å². The molecule has 1 unspecified atom stereocenters. The lowest BCUT2D eigenvalue weighted by Crippen LogP contribution is -2.49. The highest BCUT2D eigenvalue weighted by Gasteiger charge is 2.30. The van der Waals surface area contributed by atoms with Gasteiger partial charge in [0.05, 0.1) is 0 Å². The summed E-state index contributed by atoms with van der Waals surface area (Å²) in [6.45, 7) is 3.11. The quantitative estimate of drug-likeness (QED) is 0.834. The maximum absolute atomic E-state index is 12.9. The van der Waals surface area contributed by atoms with Crippen molar-refractivity contribution in [1.82, 2.24) is 14.6 Å². The highest BCUT2D eigenvalue weighted by molar-refractivity contribution is 7.89. The van der Waals surface area contributed by atoms with Crippen LogP contribution in [0.15, 0.2) is 40.9 Å². The fourth-order valence-corrected chi connectivity index (χ4v) is 5.02. The van der Waals surface area contributed by atoms with Gasteiger partial charge in [0.25, 0.3) is 0 Å². The van der Waals surface area contributed by atoms with Gasteiger partial charge in [-0.25, -0.2) is 8.42 Å². The van der Waals surface area contributed by atoms with Crippen LogP contribution in [0.1, 0.15) is 30.2 Å². The van der Waals surface area contributed by atoms with E-state index in [1.165, 1.54) is 23.3 Å². The number of hydrogen-bond donors (Lipinski definition) is 1. The lowest BCUT2D eigenvalue weighted by Gasteiger charge is -2.30. The van der Waals surface area contributed by atoms with Crippen molar-refractivity contribution in [3.05, 3.63) is 46.4 Å². The molecule has 0 aliphatic carbocycles. The Morgan fingerprint density at radius 2 is 2.28 bits per heavy atom. The molecule has 8 heteroatoms. The summed E-state index contributed by atoms with van der Waals surface area (Å²) in [5.41, 5.74) is 1.16. The Balaban J connectivity index is 1.76. The van der Waals surface area contributed by atoms with Gasteiger partial charge in [-0.3, -0.25) is 9.78 Å². The first-order chi connectivity index (χ1) is 12.0. The topological polar surface area (TPSA) is 79.4 Å².